The van der Waals surface area contributed by atoms with Crippen molar-refractivity contribution in [2.24, 2.45) is 0 Å². The molecule has 0 atom stereocenters. The summed E-state index contributed by atoms with van der Waals surface area (Å²) < 4.78 is 30.0. The Bertz CT molecular complexity index is 476. The van der Waals surface area contributed by atoms with Gasteiger partial charge in [0.25, 0.3) is 0 Å². The summed E-state index contributed by atoms with van der Waals surface area (Å²) in [5, 5.41) is 0. The Labute approximate surface area is 114 Å². The predicted octanol–water partition coefficient (Wildman–Crippen LogP) is 1.03. The number of rotatable bonds is 1. The maximum atomic E-state index is 12.2. The molecule has 0 radical (unpaired) electrons. The molecule has 110 valence electrons. The molecule has 7 heteroatoms. The first-order valence-corrected chi connectivity index (χ1v) is 8.34. The molecule has 0 aromatic heterocycles. The molecule has 1 heterocycles. The lowest BCUT2D eigenvalue weighted by atomic mass is 10.1. The summed E-state index contributed by atoms with van der Waals surface area (Å²) in [4.78, 5) is 13.9. The second-order valence-electron chi connectivity index (χ2n) is 6.45. The summed E-state index contributed by atoms with van der Waals surface area (Å²) >= 11 is 0. The Morgan fingerprint density at radius 3 is 2.21 bits per heavy atom. The molecule has 6 nitrogen and oxygen atoms in total. The molecule has 2 fully saturated rings. The van der Waals surface area contributed by atoms with Gasteiger partial charge in [-0.2, -0.15) is 4.31 Å². The highest BCUT2D eigenvalue weighted by atomic mass is 32.2. The number of ether oxygens (including phenoxy) is 1. The van der Waals surface area contributed by atoms with E-state index in [1.54, 1.807) is 4.90 Å². The fourth-order valence-corrected chi connectivity index (χ4v) is 3.29. The van der Waals surface area contributed by atoms with Crippen LogP contribution >= 0.6 is 0 Å². The molecule has 1 saturated carbocycles. The summed E-state index contributed by atoms with van der Waals surface area (Å²) in [7, 11) is -3.19. The van der Waals surface area contributed by atoms with E-state index in [-0.39, 0.29) is 11.6 Å². The summed E-state index contributed by atoms with van der Waals surface area (Å²) in [6.45, 7) is 6.64. The van der Waals surface area contributed by atoms with Crippen LogP contribution in [0.25, 0.3) is 0 Å². The van der Waals surface area contributed by atoms with Gasteiger partial charge in [-0.15, -0.1) is 0 Å². The lowest BCUT2D eigenvalue weighted by Crippen LogP contribution is -2.58. The van der Waals surface area contributed by atoms with Crippen LogP contribution in [0.15, 0.2) is 0 Å². The van der Waals surface area contributed by atoms with Crippen molar-refractivity contribution >= 4 is 16.1 Å². The van der Waals surface area contributed by atoms with Crippen LogP contribution in [0, 0.1) is 0 Å². The molecule has 0 unspecified atom stereocenters. The maximum absolute atomic E-state index is 12.2. The fraction of sp³-hybridized carbons (Fsp3) is 0.917. The van der Waals surface area contributed by atoms with E-state index in [1.807, 2.05) is 20.8 Å². The highest BCUT2D eigenvalue weighted by Gasteiger charge is 2.55. The monoisotopic (exact) mass is 290 g/mol. The van der Waals surface area contributed by atoms with Gasteiger partial charge in [0, 0.05) is 19.6 Å². The molecular formula is C12H22N2O4S. The molecule has 0 aromatic carbocycles. The molecule has 19 heavy (non-hydrogen) atoms. The first-order chi connectivity index (χ1) is 8.54. The van der Waals surface area contributed by atoms with Crippen molar-refractivity contribution in [3.63, 3.8) is 0 Å². The van der Waals surface area contributed by atoms with Gasteiger partial charge in [0.2, 0.25) is 10.0 Å². The van der Waals surface area contributed by atoms with Gasteiger partial charge in [0.15, 0.2) is 0 Å². The average Bonchev–Trinajstić information content (AvgIpc) is 2.93. The molecule has 0 N–H and O–H groups in total. The first-order valence-electron chi connectivity index (χ1n) is 6.49. The normalized spacial score (nSPS) is 23.5. The van der Waals surface area contributed by atoms with Crippen LogP contribution in [0.3, 0.4) is 0 Å². The third-order valence-corrected chi connectivity index (χ3v) is 4.78. The Hall–Kier alpha value is -0.820. The number of sulfonamides is 1. The summed E-state index contributed by atoms with van der Waals surface area (Å²) in [6, 6.07) is 0. The van der Waals surface area contributed by atoms with E-state index >= 15 is 0 Å². The number of carbonyl (C=O) groups is 1. The summed E-state index contributed by atoms with van der Waals surface area (Å²) in [5.74, 6) is 0. The topological polar surface area (TPSA) is 66.9 Å². The standard InChI is InChI=1S/C12H22N2O4S/c1-11(2,3)18-10(15)14-8-7-13(19(4,16)17)9-12(14)5-6-12/h5-9H2,1-4H3. The smallest absolute Gasteiger partial charge is 0.410 e. The number of piperazine rings is 1. The molecule has 1 aliphatic carbocycles. The van der Waals surface area contributed by atoms with E-state index < -0.39 is 15.6 Å². The fourth-order valence-electron chi connectivity index (χ4n) is 2.40. The number of nitrogens with zero attached hydrogens (tertiary/aromatic N) is 2. The van der Waals surface area contributed by atoms with Crippen LogP contribution in [-0.2, 0) is 14.8 Å². The summed E-state index contributed by atoms with van der Waals surface area (Å²) in [6.07, 6.45) is 2.57. The number of hydrogen-bond donors (Lipinski definition) is 0. The van der Waals surface area contributed by atoms with Gasteiger partial charge in [-0.05, 0) is 33.6 Å². The van der Waals surface area contributed by atoms with Crippen LogP contribution in [-0.4, -0.2) is 60.7 Å². The second-order valence-corrected chi connectivity index (χ2v) is 8.44. The van der Waals surface area contributed by atoms with Gasteiger partial charge in [0.1, 0.15) is 5.60 Å². The van der Waals surface area contributed by atoms with Gasteiger partial charge in [0.05, 0.1) is 11.8 Å². The molecule has 1 spiro atoms. The molecule has 1 amide bonds. The quantitative estimate of drug-likeness (QED) is 0.723. The van der Waals surface area contributed by atoms with E-state index in [9.17, 15) is 13.2 Å². The van der Waals surface area contributed by atoms with Crippen molar-refractivity contribution in [3.05, 3.63) is 0 Å². The van der Waals surface area contributed by atoms with Crippen molar-refractivity contribution in [1.29, 1.82) is 0 Å². The molecule has 0 aromatic rings. The van der Waals surface area contributed by atoms with Crippen molar-refractivity contribution in [3.8, 4) is 0 Å². The summed E-state index contributed by atoms with van der Waals surface area (Å²) in [5.41, 5.74) is -0.856. The van der Waals surface area contributed by atoms with E-state index in [0.717, 1.165) is 12.8 Å². The molecule has 0 bridgehead atoms. The van der Waals surface area contributed by atoms with Gasteiger partial charge in [-0.3, -0.25) is 4.90 Å². The third kappa shape index (κ3) is 3.20. The zero-order valence-corrected chi connectivity index (χ0v) is 12.8. The highest BCUT2D eigenvalue weighted by molar-refractivity contribution is 7.88. The Kier molecular flexibility index (Phi) is 3.33. The first kappa shape index (κ1) is 14.6. The third-order valence-electron chi connectivity index (χ3n) is 3.53. The average molecular weight is 290 g/mol. The molecule has 1 aliphatic heterocycles. The lowest BCUT2D eigenvalue weighted by Gasteiger charge is -2.41. The molecule has 1 saturated heterocycles. The van der Waals surface area contributed by atoms with Crippen LogP contribution in [0.1, 0.15) is 33.6 Å². The van der Waals surface area contributed by atoms with Gasteiger partial charge >= 0.3 is 6.09 Å². The predicted molar refractivity (Wildman–Crippen MR) is 71.3 cm³/mol. The zero-order chi connectivity index (χ0) is 14.5. The molecule has 2 rings (SSSR count). The van der Waals surface area contributed by atoms with E-state index in [0.29, 0.717) is 19.6 Å². The van der Waals surface area contributed by atoms with E-state index in [1.165, 1.54) is 10.6 Å². The van der Waals surface area contributed by atoms with Crippen LogP contribution < -0.4 is 0 Å². The van der Waals surface area contributed by atoms with E-state index in [2.05, 4.69) is 0 Å². The minimum Gasteiger partial charge on any atom is -0.444 e. The van der Waals surface area contributed by atoms with Crippen LogP contribution in [0.5, 0.6) is 0 Å². The number of amides is 1. The highest BCUT2D eigenvalue weighted by Crippen LogP contribution is 2.45. The minimum atomic E-state index is -3.19. The second kappa shape index (κ2) is 4.34. The Morgan fingerprint density at radius 2 is 1.79 bits per heavy atom. The van der Waals surface area contributed by atoms with Gasteiger partial charge < -0.3 is 4.74 Å². The van der Waals surface area contributed by atoms with Crippen molar-refractivity contribution in [2.45, 2.75) is 44.8 Å². The van der Waals surface area contributed by atoms with Crippen molar-refractivity contribution in [2.75, 3.05) is 25.9 Å². The molecule has 2 aliphatic rings. The lowest BCUT2D eigenvalue weighted by molar-refractivity contribution is 0.00170. The largest absolute Gasteiger partial charge is 0.444 e. The van der Waals surface area contributed by atoms with Crippen LogP contribution in [0.2, 0.25) is 0 Å². The zero-order valence-electron chi connectivity index (χ0n) is 12.0. The Balaban J connectivity index is 2.08. The van der Waals surface area contributed by atoms with E-state index in [4.69, 9.17) is 4.74 Å². The number of hydrogen-bond acceptors (Lipinski definition) is 4. The minimum absolute atomic E-state index is 0.330. The van der Waals surface area contributed by atoms with Crippen molar-refractivity contribution < 1.29 is 17.9 Å². The van der Waals surface area contributed by atoms with Crippen LogP contribution in [0.4, 0.5) is 4.79 Å². The SMILES string of the molecule is CC(C)(C)OC(=O)N1CCN(S(C)(=O)=O)CC12CC2. The van der Waals surface area contributed by atoms with Gasteiger partial charge in [-0.1, -0.05) is 0 Å². The number of carbonyl (C=O) groups excluding carboxylic acids is 1. The Morgan fingerprint density at radius 1 is 1.21 bits per heavy atom. The molecular weight excluding hydrogens is 268 g/mol. The van der Waals surface area contributed by atoms with Crippen molar-refractivity contribution in [1.82, 2.24) is 9.21 Å². The maximum Gasteiger partial charge on any atom is 0.410 e. The van der Waals surface area contributed by atoms with Gasteiger partial charge in [-0.25, -0.2) is 13.2 Å².